The standard InChI is InChI=1S/C25H30N4O5/c1-2-33-24(32)22-18-16-28(13-9-20(18)29(27-22)15-17-8-4-7-12-26-17)23(31)19-14-21(30)34-25(19)10-5-3-6-11-25/h4,7-8,12,19H,2-3,5-6,9-11,13-16H2,1H3. The Hall–Kier alpha value is -3.23. The van der Waals surface area contributed by atoms with E-state index in [0.29, 0.717) is 19.5 Å². The second-order valence-corrected chi connectivity index (χ2v) is 9.34. The Bertz CT molecular complexity index is 1090. The fraction of sp³-hybridized carbons (Fsp3) is 0.560. The van der Waals surface area contributed by atoms with Crippen molar-refractivity contribution in [2.24, 2.45) is 5.92 Å². The van der Waals surface area contributed by atoms with Gasteiger partial charge in [0.15, 0.2) is 5.69 Å². The highest BCUT2D eigenvalue weighted by atomic mass is 16.6. The number of esters is 2. The maximum Gasteiger partial charge on any atom is 0.359 e. The van der Waals surface area contributed by atoms with E-state index in [1.54, 1.807) is 22.7 Å². The van der Waals surface area contributed by atoms with Crippen LogP contribution in [0, 0.1) is 5.92 Å². The topological polar surface area (TPSA) is 104 Å². The third kappa shape index (κ3) is 4.08. The average molecular weight is 467 g/mol. The molecule has 2 aliphatic heterocycles. The monoisotopic (exact) mass is 466 g/mol. The molecule has 9 heteroatoms. The maximum absolute atomic E-state index is 13.7. The van der Waals surface area contributed by atoms with E-state index in [1.165, 1.54) is 0 Å². The van der Waals surface area contributed by atoms with Gasteiger partial charge in [-0.3, -0.25) is 19.3 Å². The molecule has 1 spiro atoms. The van der Waals surface area contributed by atoms with Crippen molar-refractivity contribution in [2.75, 3.05) is 13.2 Å². The Morgan fingerprint density at radius 2 is 2.06 bits per heavy atom. The van der Waals surface area contributed by atoms with Gasteiger partial charge < -0.3 is 14.4 Å². The average Bonchev–Trinajstić information content (AvgIpc) is 3.36. The summed E-state index contributed by atoms with van der Waals surface area (Å²) >= 11 is 0. The number of carbonyl (C=O) groups is 3. The first-order valence-corrected chi connectivity index (χ1v) is 12.2. The molecule has 9 nitrogen and oxygen atoms in total. The van der Waals surface area contributed by atoms with Crippen molar-refractivity contribution in [3.8, 4) is 0 Å². The molecule has 180 valence electrons. The SMILES string of the molecule is CCOC(=O)c1nn(Cc2ccccn2)c2c1CN(C(=O)C1CC(=O)OC13CCCCC3)CC2. The van der Waals surface area contributed by atoms with E-state index < -0.39 is 17.5 Å². The number of pyridine rings is 1. The summed E-state index contributed by atoms with van der Waals surface area (Å²) in [6.07, 6.45) is 6.94. The lowest BCUT2D eigenvalue weighted by molar-refractivity contribution is -0.156. The van der Waals surface area contributed by atoms with Gasteiger partial charge in [0.1, 0.15) is 5.60 Å². The summed E-state index contributed by atoms with van der Waals surface area (Å²) < 4.78 is 12.8. The lowest BCUT2D eigenvalue weighted by Crippen LogP contribution is -2.48. The van der Waals surface area contributed by atoms with Crippen LogP contribution in [0.1, 0.15) is 72.9 Å². The number of carbonyl (C=O) groups excluding carboxylic acids is 3. The number of amides is 1. The molecule has 5 rings (SSSR count). The predicted octanol–water partition coefficient (Wildman–Crippen LogP) is 2.65. The quantitative estimate of drug-likeness (QED) is 0.624. The Morgan fingerprint density at radius 3 is 2.79 bits per heavy atom. The van der Waals surface area contributed by atoms with Crippen LogP contribution < -0.4 is 0 Å². The summed E-state index contributed by atoms with van der Waals surface area (Å²) in [6, 6.07) is 5.68. The molecule has 0 bridgehead atoms. The van der Waals surface area contributed by atoms with E-state index in [9.17, 15) is 14.4 Å². The van der Waals surface area contributed by atoms with Crippen LogP contribution >= 0.6 is 0 Å². The summed E-state index contributed by atoms with van der Waals surface area (Å²) in [5, 5.41) is 4.58. The summed E-state index contributed by atoms with van der Waals surface area (Å²) in [6.45, 7) is 3.21. The Kier molecular flexibility index (Phi) is 6.10. The van der Waals surface area contributed by atoms with Gasteiger partial charge in [0.2, 0.25) is 5.91 Å². The van der Waals surface area contributed by atoms with Crippen LogP contribution in [0.3, 0.4) is 0 Å². The lowest BCUT2D eigenvalue weighted by Gasteiger charge is -2.39. The van der Waals surface area contributed by atoms with Crippen LogP contribution in [-0.2, 0) is 38.6 Å². The Morgan fingerprint density at radius 1 is 1.24 bits per heavy atom. The van der Waals surface area contributed by atoms with Crippen molar-refractivity contribution in [2.45, 2.75) is 70.6 Å². The highest BCUT2D eigenvalue weighted by Gasteiger charge is 2.54. The third-order valence-electron chi connectivity index (χ3n) is 7.27. The van der Waals surface area contributed by atoms with Gasteiger partial charge in [0.25, 0.3) is 0 Å². The first-order chi connectivity index (χ1) is 16.5. The minimum absolute atomic E-state index is 0.0642. The van der Waals surface area contributed by atoms with Crippen molar-refractivity contribution < 1.29 is 23.9 Å². The summed E-state index contributed by atoms with van der Waals surface area (Å²) in [5.74, 6) is -1.30. The molecule has 0 N–H and O–H groups in total. The van der Waals surface area contributed by atoms with Gasteiger partial charge in [-0.15, -0.1) is 0 Å². The van der Waals surface area contributed by atoms with E-state index in [1.807, 2.05) is 18.2 Å². The molecule has 1 saturated carbocycles. The van der Waals surface area contributed by atoms with Gasteiger partial charge in [-0.1, -0.05) is 12.5 Å². The highest BCUT2D eigenvalue weighted by molar-refractivity contribution is 5.91. The molecule has 1 atom stereocenters. The highest BCUT2D eigenvalue weighted by Crippen LogP contribution is 2.45. The number of aromatic nitrogens is 3. The van der Waals surface area contributed by atoms with Crippen LogP contribution in [-0.4, -0.2) is 56.3 Å². The van der Waals surface area contributed by atoms with E-state index in [4.69, 9.17) is 9.47 Å². The Balaban J connectivity index is 1.42. The van der Waals surface area contributed by atoms with Crippen molar-refractivity contribution >= 4 is 17.8 Å². The zero-order valence-corrected chi connectivity index (χ0v) is 19.5. The van der Waals surface area contributed by atoms with Crippen molar-refractivity contribution in [3.63, 3.8) is 0 Å². The van der Waals surface area contributed by atoms with Crippen LogP contribution in [0.15, 0.2) is 24.4 Å². The molecule has 0 aromatic carbocycles. The number of nitrogens with zero attached hydrogens (tertiary/aromatic N) is 4. The lowest BCUT2D eigenvalue weighted by atomic mass is 9.75. The van der Waals surface area contributed by atoms with Gasteiger partial charge in [-0.25, -0.2) is 4.79 Å². The largest absolute Gasteiger partial charge is 0.461 e. The first-order valence-electron chi connectivity index (χ1n) is 12.2. The van der Waals surface area contributed by atoms with Gasteiger partial charge >= 0.3 is 11.9 Å². The minimum atomic E-state index is -0.667. The third-order valence-corrected chi connectivity index (χ3v) is 7.27. The number of fused-ring (bicyclic) bond motifs is 1. The molecule has 1 unspecified atom stereocenters. The zero-order chi connectivity index (χ0) is 23.7. The molecular weight excluding hydrogens is 436 g/mol. The van der Waals surface area contributed by atoms with Crippen molar-refractivity contribution in [1.82, 2.24) is 19.7 Å². The molecule has 34 heavy (non-hydrogen) atoms. The number of rotatable bonds is 5. The molecule has 2 fully saturated rings. The normalized spacial score (nSPS) is 21.3. The fourth-order valence-corrected chi connectivity index (χ4v) is 5.64. The zero-order valence-electron chi connectivity index (χ0n) is 19.5. The summed E-state index contributed by atoms with van der Waals surface area (Å²) in [4.78, 5) is 44.8. The van der Waals surface area contributed by atoms with Crippen LogP contribution in [0.2, 0.25) is 0 Å². The number of hydrogen-bond acceptors (Lipinski definition) is 7. The van der Waals surface area contributed by atoms with E-state index >= 15 is 0 Å². The van der Waals surface area contributed by atoms with Gasteiger partial charge in [-0.05, 0) is 44.7 Å². The molecule has 3 aliphatic rings. The van der Waals surface area contributed by atoms with E-state index in [-0.39, 0.29) is 37.1 Å². The molecule has 1 aliphatic carbocycles. The second-order valence-electron chi connectivity index (χ2n) is 9.34. The molecule has 1 amide bonds. The summed E-state index contributed by atoms with van der Waals surface area (Å²) in [7, 11) is 0. The summed E-state index contributed by atoms with van der Waals surface area (Å²) in [5.41, 5.74) is 2.06. The number of ether oxygens (including phenoxy) is 2. The smallest absolute Gasteiger partial charge is 0.359 e. The maximum atomic E-state index is 13.7. The fourth-order valence-electron chi connectivity index (χ4n) is 5.64. The molecule has 0 radical (unpaired) electrons. The minimum Gasteiger partial charge on any atom is -0.461 e. The van der Waals surface area contributed by atoms with Crippen LogP contribution in [0.25, 0.3) is 0 Å². The molecule has 1 saturated heterocycles. The predicted molar refractivity (Wildman–Crippen MR) is 121 cm³/mol. The number of hydrogen-bond donors (Lipinski definition) is 0. The van der Waals surface area contributed by atoms with Crippen LogP contribution in [0.4, 0.5) is 0 Å². The molecule has 4 heterocycles. The van der Waals surface area contributed by atoms with E-state index in [2.05, 4.69) is 10.1 Å². The Labute approximate surface area is 198 Å². The molecule has 2 aromatic heterocycles. The van der Waals surface area contributed by atoms with Crippen molar-refractivity contribution in [3.05, 3.63) is 47.0 Å². The molecular formula is C25H30N4O5. The second kappa shape index (κ2) is 9.19. The van der Waals surface area contributed by atoms with E-state index in [0.717, 1.165) is 49.1 Å². The van der Waals surface area contributed by atoms with Gasteiger partial charge in [0, 0.05) is 37.0 Å². The van der Waals surface area contributed by atoms with Gasteiger partial charge in [-0.2, -0.15) is 5.10 Å². The van der Waals surface area contributed by atoms with Crippen LogP contribution in [0.5, 0.6) is 0 Å². The molecule has 2 aromatic rings. The van der Waals surface area contributed by atoms with Gasteiger partial charge in [0.05, 0.1) is 31.2 Å². The van der Waals surface area contributed by atoms with Crippen molar-refractivity contribution in [1.29, 1.82) is 0 Å². The first kappa shape index (κ1) is 22.6.